The molecule has 0 aliphatic rings. The van der Waals surface area contributed by atoms with Gasteiger partial charge in [-0.2, -0.15) is 9.30 Å². The van der Waals surface area contributed by atoms with Crippen LogP contribution in [0.1, 0.15) is 37.0 Å². The van der Waals surface area contributed by atoms with Crippen molar-refractivity contribution in [3.8, 4) is 23.8 Å². The summed E-state index contributed by atoms with van der Waals surface area (Å²) in [5.74, 6) is 3.19. The summed E-state index contributed by atoms with van der Waals surface area (Å²) in [6.07, 6.45) is 7.25. The fraction of sp³-hybridized carbons (Fsp3) is 0.360. The summed E-state index contributed by atoms with van der Waals surface area (Å²) in [6, 6.07) is 9.47. The summed E-state index contributed by atoms with van der Waals surface area (Å²) in [6.45, 7) is 4.88. The van der Waals surface area contributed by atoms with E-state index in [2.05, 4.69) is 10.9 Å². The molecule has 10 heteroatoms. The quantitative estimate of drug-likeness (QED) is 0.382. The minimum Gasteiger partial charge on any atom is -0.493 e. The molecule has 0 fully saturated rings. The maximum absolute atomic E-state index is 13.0. The maximum Gasteiger partial charge on any atom is 0.279 e. The SMILES string of the molecule is C#CCn1c(=NC(=O)c2ccc(S(=O)(=O)N(CC)CCCC)cc2)sc2cc(OC)c(OC)cc21. The number of thiazole rings is 1. The average molecular weight is 516 g/mol. The maximum atomic E-state index is 13.0. The molecule has 0 aliphatic heterocycles. The third-order valence-corrected chi connectivity index (χ3v) is 8.52. The van der Waals surface area contributed by atoms with Gasteiger partial charge in [-0.05, 0) is 30.7 Å². The molecule has 3 aromatic rings. The smallest absolute Gasteiger partial charge is 0.279 e. The van der Waals surface area contributed by atoms with Crippen molar-refractivity contribution in [3.63, 3.8) is 0 Å². The lowest BCUT2D eigenvalue weighted by molar-refractivity contribution is 0.0998. The Morgan fingerprint density at radius 3 is 2.37 bits per heavy atom. The number of nitrogens with zero attached hydrogens (tertiary/aromatic N) is 3. The zero-order valence-electron chi connectivity index (χ0n) is 20.3. The minimum absolute atomic E-state index is 0.149. The van der Waals surface area contributed by atoms with Crippen LogP contribution in [0, 0.1) is 12.3 Å². The van der Waals surface area contributed by atoms with Gasteiger partial charge in [-0.1, -0.05) is 37.5 Å². The molecule has 0 N–H and O–H groups in total. The number of aromatic nitrogens is 1. The topological polar surface area (TPSA) is 90.2 Å². The number of amides is 1. The van der Waals surface area contributed by atoms with E-state index in [-0.39, 0.29) is 17.0 Å². The molecule has 3 rings (SSSR count). The highest BCUT2D eigenvalue weighted by Gasteiger charge is 2.23. The molecule has 0 atom stereocenters. The Bertz CT molecular complexity index is 1410. The number of benzene rings is 2. The summed E-state index contributed by atoms with van der Waals surface area (Å²) in [5.41, 5.74) is 1.05. The Labute approximate surface area is 209 Å². The first kappa shape index (κ1) is 26.5. The van der Waals surface area contributed by atoms with Crippen LogP contribution < -0.4 is 14.3 Å². The van der Waals surface area contributed by atoms with Crippen LogP contribution in [-0.2, 0) is 16.6 Å². The highest BCUT2D eigenvalue weighted by atomic mass is 32.2. The van der Waals surface area contributed by atoms with Crippen LogP contribution in [0.4, 0.5) is 0 Å². The van der Waals surface area contributed by atoms with E-state index in [0.29, 0.717) is 29.4 Å². The van der Waals surface area contributed by atoms with Gasteiger partial charge >= 0.3 is 0 Å². The van der Waals surface area contributed by atoms with Crippen molar-refractivity contribution in [2.75, 3.05) is 27.3 Å². The number of terminal acetylenes is 1. The van der Waals surface area contributed by atoms with Crippen molar-refractivity contribution in [1.82, 2.24) is 8.87 Å². The Morgan fingerprint density at radius 2 is 1.80 bits per heavy atom. The van der Waals surface area contributed by atoms with Gasteiger partial charge in [-0.15, -0.1) is 6.42 Å². The molecular formula is C25H29N3O5S2. The summed E-state index contributed by atoms with van der Waals surface area (Å²) < 4.78 is 40.7. The first-order valence-corrected chi connectivity index (χ1v) is 13.4. The lowest BCUT2D eigenvalue weighted by atomic mass is 10.2. The van der Waals surface area contributed by atoms with E-state index in [4.69, 9.17) is 15.9 Å². The first-order valence-electron chi connectivity index (χ1n) is 11.2. The van der Waals surface area contributed by atoms with E-state index in [1.807, 2.05) is 19.9 Å². The first-order chi connectivity index (χ1) is 16.8. The Balaban J connectivity index is 1.99. The molecule has 1 amide bonds. The highest BCUT2D eigenvalue weighted by molar-refractivity contribution is 7.89. The summed E-state index contributed by atoms with van der Waals surface area (Å²) in [7, 11) is -0.530. The number of carbonyl (C=O) groups is 1. The molecule has 35 heavy (non-hydrogen) atoms. The molecule has 0 saturated carbocycles. The molecule has 2 aromatic carbocycles. The van der Waals surface area contributed by atoms with Crippen LogP contribution in [0.3, 0.4) is 0 Å². The van der Waals surface area contributed by atoms with Crippen LogP contribution in [0.25, 0.3) is 10.2 Å². The van der Waals surface area contributed by atoms with E-state index in [0.717, 1.165) is 23.1 Å². The molecule has 0 bridgehead atoms. The third-order valence-electron chi connectivity index (χ3n) is 5.49. The van der Waals surface area contributed by atoms with Crippen LogP contribution >= 0.6 is 11.3 Å². The van der Waals surface area contributed by atoms with Gasteiger partial charge in [0.1, 0.15) is 0 Å². The van der Waals surface area contributed by atoms with Gasteiger partial charge in [0.05, 0.1) is 35.9 Å². The fourth-order valence-electron chi connectivity index (χ4n) is 3.58. The second kappa shape index (κ2) is 11.5. The van der Waals surface area contributed by atoms with Gasteiger partial charge in [0.15, 0.2) is 16.3 Å². The van der Waals surface area contributed by atoms with Crippen molar-refractivity contribution >= 4 is 37.5 Å². The van der Waals surface area contributed by atoms with Gasteiger partial charge in [0.25, 0.3) is 5.91 Å². The van der Waals surface area contributed by atoms with E-state index in [9.17, 15) is 13.2 Å². The van der Waals surface area contributed by atoms with Crippen molar-refractivity contribution in [1.29, 1.82) is 0 Å². The van der Waals surface area contributed by atoms with E-state index in [1.54, 1.807) is 24.9 Å². The number of hydrogen-bond donors (Lipinski definition) is 0. The lowest BCUT2D eigenvalue weighted by Gasteiger charge is -2.20. The Kier molecular flexibility index (Phi) is 8.72. The highest BCUT2D eigenvalue weighted by Crippen LogP contribution is 2.33. The van der Waals surface area contributed by atoms with Crippen LogP contribution in [-0.4, -0.2) is 50.5 Å². The van der Waals surface area contributed by atoms with E-state index < -0.39 is 15.9 Å². The predicted octanol–water partition coefficient (Wildman–Crippen LogP) is 3.91. The molecule has 1 aromatic heterocycles. The van der Waals surface area contributed by atoms with Gasteiger partial charge < -0.3 is 14.0 Å². The number of sulfonamides is 1. The summed E-state index contributed by atoms with van der Waals surface area (Å²) in [4.78, 5) is 17.8. The van der Waals surface area contributed by atoms with E-state index in [1.165, 1.54) is 39.9 Å². The molecule has 0 spiro atoms. The van der Waals surface area contributed by atoms with Gasteiger partial charge in [0, 0.05) is 30.8 Å². The van der Waals surface area contributed by atoms with Crippen molar-refractivity contribution in [2.24, 2.45) is 4.99 Å². The Morgan fingerprint density at radius 1 is 1.14 bits per heavy atom. The van der Waals surface area contributed by atoms with Gasteiger partial charge in [0.2, 0.25) is 10.0 Å². The zero-order valence-corrected chi connectivity index (χ0v) is 21.9. The zero-order chi connectivity index (χ0) is 25.6. The van der Waals surface area contributed by atoms with Crippen molar-refractivity contribution in [3.05, 3.63) is 46.8 Å². The number of ether oxygens (including phenoxy) is 2. The molecular weight excluding hydrogens is 486 g/mol. The number of methoxy groups -OCH3 is 2. The third kappa shape index (κ3) is 5.59. The van der Waals surface area contributed by atoms with Crippen LogP contribution in [0.2, 0.25) is 0 Å². The monoisotopic (exact) mass is 515 g/mol. The molecule has 8 nitrogen and oxygen atoms in total. The fourth-order valence-corrected chi connectivity index (χ4v) is 6.10. The molecule has 186 valence electrons. The van der Waals surface area contributed by atoms with Crippen LogP contribution in [0.15, 0.2) is 46.3 Å². The summed E-state index contributed by atoms with van der Waals surface area (Å²) >= 11 is 1.30. The largest absolute Gasteiger partial charge is 0.493 e. The minimum atomic E-state index is -3.63. The number of hydrogen-bond acceptors (Lipinski definition) is 6. The Hall–Kier alpha value is -3.13. The molecule has 1 heterocycles. The molecule has 0 radical (unpaired) electrons. The average Bonchev–Trinajstić information content (AvgIpc) is 3.19. The number of carbonyl (C=O) groups excluding carboxylic acids is 1. The second-order valence-electron chi connectivity index (χ2n) is 7.64. The molecule has 0 saturated heterocycles. The molecule has 0 aliphatic carbocycles. The lowest BCUT2D eigenvalue weighted by Crippen LogP contribution is -2.31. The number of unbranched alkanes of at least 4 members (excludes halogenated alkanes) is 1. The van der Waals surface area contributed by atoms with Crippen molar-refractivity contribution < 1.29 is 22.7 Å². The number of fused-ring (bicyclic) bond motifs is 1. The summed E-state index contributed by atoms with van der Waals surface area (Å²) in [5, 5.41) is 0. The molecule has 0 unspecified atom stereocenters. The van der Waals surface area contributed by atoms with Crippen molar-refractivity contribution in [2.45, 2.75) is 38.1 Å². The van der Waals surface area contributed by atoms with Gasteiger partial charge in [-0.3, -0.25) is 4.79 Å². The van der Waals surface area contributed by atoms with Crippen LogP contribution in [0.5, 0.6) is 11.5 Å². The standard InChI is InChI=1S/C25H29N3O5S2/c1-6-9-15-27(8-3)35(30,31)19-12-10-18(11-13-19)24(29)26-25-28(14-7-2)20-16-21(32-4)22(33-5)17-23(20)34-25/h2,10-13,16-17H,6,8-9,14-15H2,1,3-5H3. The van der Waals surface area contributed by atoms with Gasteiger partial charge in [-0.25, -0.2) is 8.42 Å². The number of rotatable bonds is 10. The normalized spacial score (nSPS) is 12.2. The predicted molar refractivity (Wildman–Crippen MR) is 137 cm³/mol. The van der Waals surface area contributed by atoms with E-state index >= 15 is 0 Å². The second-order valence-corrected chi connectivity index (χ2v) is 10.6.